The topological polar surface area (TPSA) is 43.3 Å². The summed E-state index contributed by atoms with van der Waals surface area (Å²) in [4.78, 5) is 12.4. The van der Waals surface area contributed by atoms with Crippen LogP contribution < -0.4 is 5.32 Å². The Hall–Kier alpha value is -1.13. The minimum Gasteiger partial charge on any atom is -0.385 e. The molecule has 4 heteroatoms. The van der Waals surface area contributed by atoms with Gasteiger partial charge in [-0.3, -0.25) is 4.79 Å². The van der Waals surface area contributed by atoms with Crippen molar-refractivity contribution in [1.82, 2.24) is 9.88 Å². The first-order chi connectivity index (χ1) is 10.6. The fourth-order valence-electron chi connectivity index (χ4n) is 3.60. The molecule has 1 aromatic rings. The molecular weight excluding hydrogens is 276 g/mol. The zero-order valence-electron chi connectivity index (χ0n) is 14.3. The van der Waals surface area contributed by atoms with E-state index in [0.29, 0.717) is 12.6 Å². The number of aromatic nitrogens is 1. The molecule has 0 aromatic carbocycles. The highest BCUT2D eigenvalue weighted by Gasteiger charge is 2.22. The predicted molar refractivity (Wildman–Crippen MR) is 89.7 cm³/mol. The summed E-state index contributed by atoms with van der Waals surface area (Å²) >= 11 is 0. The molecule has 0 aliphatic heterocycles. The fraction of sp³-hybridized carbons (Fsp3) is 0.722. The molecule has 0 atom stereocenters. The van der Waals surface area contributed by atoms with Crippen LogP contribution in [0.3, 0.4) is 0 Å². The van der Waals surface area contributed by atoms with E-state index in [4.69, 9.17) is 4.74 Å². The number of carbonyl (C=O) groups excluding carboxylic acids is 1. The summed E-state index contributed by atoms with van der Waals surface area (Å²) in [5.74, 6) is 0.201. The number of nitrogens with one attached hydrogen (secondary N) is 1. The molecule has 1 aromatic heterocycles. The van der Waals surface area contributed by atoms with Gasteiger partial charge in [0.15, 0.2) is 5.78 Å². The third kappa shape index (κ3) is 4.20. The number of Topliss-reactive ketones (excluding diaryl/α,β-unsaturated/α-hetero) is 1. The molecule has 0 spiro atoms. The second kappa shape index (κ2) is 8.49. The van der Waals surface area contributed by atoms with Crippen molar-refractivity contribution in [3.8, 4) is 0 Å². The van der Waals surface area contributed by atoms with Gasteiger partial charge in [-0.15, -0.1) is 0 Å². The maximum Gasteiger partial charge on any atom is 0.178 e. The smallest absolute Gasteiger partial charge is 0.178 e. The van der Waals surface area contributed by atoms with Crippen molar-refractivity contribution >= 4 is 5.78 Å². The molecule has 1 aliphatic carbocycles. The van der Waals surface area contributed by atoms with Crippen LogP contribution in [0, 0.1) is 13.8 Å². The Kier molecular flexibility index (Phi) is 6.65. The van der Waals surface area contributed by atoms with E-state index in [9.17, 15) is 4.79 Å². The molecule has 0 bridgehead atoms. The van der Waals surface area contributed by atoms with Crippen LogP contribution in [0.15, 0.2) is 6.07 Å². The maximum absolute atomic E-state index is 12.4. The summed E-state index contributed by atoms with van der Waals surface area (Å²) < 4.78 is 7.41. The number of carbonyl (C=O) groups is 1. The van der Waals surface area contributed by atoms with Gasteiger partial charge in [0.2, 0.25) is 0 Å². The first kappa shape index (κ1) is 17.2. The van der Waals surface area contributed by atoms with E-state index in [2.05, 4.69) is 29.8 Å². The Bertz CT molecular complexity index is 488. The van der Waals surface area contributed by atoms with Gasteiger partial charge in [0, 0.05) is 36.7 Å². The third-order valence-electron chi connectivity index (χ3n) is 4.71. The Balaban J connectivity index is 1.97. The van der Waals surface area contributed by atoms with Crippen LogP contribution in [0.2, 0.25) is 0 Å². The van der Waals surface area contributed by atoms with Crippen molar-refractivity contribution in [2.75, 3.05) is 26.8 Å². The van der Waals surface area contributed by atoms with Crippen molar-refractivity contribution in [3.63, 3.8) is 0 Å². The Labute approximate surface area is 134 Å². The molecule has 1 saturated carbocycles. The number of ketones is 1. The van der Waals surface area contributed by atoms with Crippen molar-refractivity contribution < 1.29 is 9.53 Å². The van der Waals surface area contributed by atoms with Gasteiger partial charge in [-0.05, 0) is 45.7 Å². The lowest BCUT2D eigenvalue weighted by molar-refractivity contribution is 0.0989. The highest BCUT2D eigenvalue weighted by Crippen LogP contribution is 2.32. The second-order valence-electron chi connectivity index (χ2n) is 6.39. The largest absolute Gasteiger partial charge is 0.385 e. The van der Waals surface area contributed by atoms with E-state index in [1.54, 1.807) is 7.11 Å². The van der Waals surface area contributed by atoms with Crippen LogP contribution in [0.1, 0.15) is 66.3 Å². The molecule has 124 valence electrons. The monoisotopic (exact) mass is 306 g/mol. The van der Waals surface area contributed by atoms with Crippen molar-refractivity contribution in [3.05, 3.63) is 23.0 Å². The van der Waals surface area contributed by atoms with Crippen molar-refractivity contribution in [2.24, 2.45) is 0 Å². The summed E-state index contributed by atoms with van der Waals surface area (Å²) in [6.07, 6.45) is 7.41. The summed E-state index contributed by atoms with van der Waals surface area (Å²) in [5.41, 5.74) is 3.27. The Morgan fingerprint density at radius 2 is 2.05 bits per heavy atom. The molecular formula is C18H30N2O2. The van der Waals surface area contributed by atoms with Gasteiger partial charge >= 0.3 is 0 Å². The molecule has 0 radical (unpaired) electrons. The molecule has 22 heavy (non-hydrogen) atoms. The molecule has 4 nitrogen and oxygen atoms in total. The Morgan fingerprint density at radius 1 is 1.32 bits per heavy atom. The third-order valence-corrected chi connectivity index (χ3v) is 4.71. The molecule has 0 amide bonds. The number of rotatable bonds is 8. The number of methoxy groups -OCH3 is 1. The summed E-state index contributed by atoms with van der Waals surface area (Å²) in [7, 11) is 1.70. The van der Waals surface area contributed by atoms with Crippen molar-refractivity contribution in [1.29, 1.82) is 0 Å². The molecule has 0 saturated heterocycles. The first-order valence-corrected chi connectivity index (χ1v) is 8.56. The van der Waals surface area contributed by atoms with E-state index < -0.39 is 0 Å². The van der Waals surface area contributed by atoms with E-state index in [1.165, 1.54) is 37.8 Å². The predicted octanol–water partition coefficient (Wildman–Crippen LogP) is 3.42. The highest BCUT2D eigenvalue weighted by atomic mass is 16.5. The average Bonchev–Trinajstić information content (AvgIpc) is 2.82. The van der Waals surface area contributed by atoms with Gasteiger partial charge in [0.1, 0.15) is 0 Å². The van der Waals surface area contributed by atoms with Crippen LogP contribution in [-0.2, 0) is 4.74 Å². The van der Waals surface area contributed by atoms with Crippen LogP contribution >= 0.6 is 0 Å². The van der Waals surface area contributed by atoms with Gasteiger partial charge in [-0.25, -0.2) is 0 Å². The van der Waals surface area contributed by atoms with E-state index in [1.807, 2.05) is 0 Å². The summed E-state index contributed by atoms with van der Waals surface area (Å²) in [6.45, 7) is 6.20. The number of nitrogens with zero attached hydrogens (tertiary/aromatic N) is 1. The summed E-state index contributed by atoms with van der Waals surface area (Å²) in [6, 6.07) is 2.66. The van der Waals surface area contributed by atoms with Crippen LogP contribution in [-0.4, -0.2) is 37.2 Å². The average molecular weight is 306 g/mol. The van der Waals surface area contributed by atoms with Gasteiger partial charge < -0.3 is 14.6 Å². The number of hydrogen-bond donors (Lipinski definition) is 1. The highest BCUT2D eigenvalue weighted by molar-refractivity contribution is 5.99. The fourth-order valence-corrected chi connectivity index (χ4v) is 3.60. The normalized spacial score (nSPS) is 16.1. The van der Waals surface area contributed by atoms with Gasteiger partial charge in [0.05, 0.1) is 6.54 Å². The maximum atomic E-state index is 12.4. The summed E-state index contributed by atoms with van der Waals surface area (Å²) in [5, 5.41) is 3.22. The van der Waals surface area contributed by atoms with Gasteiger partial charge in [0.25, 0.3) is 0 Å². The van der Waals surface area contributed by atoms with E-state index in [0.717, 1.165) is 30.8 Å². The lowest BCUT2D eigenvalue weighted by Gasteiger charge is -2.26. The van der Waals surface area contributed by atoms with Gasteiger partial charge in [-0.2, -0.15) is 0 Å². The van der Waals surface area contributed by atoms with Crippen LogP contribution in [0.4, 0.5) is 0 Å². The Morgan fingerprint density at radius 3 is 2.73 bits per heavy atom. The molecule has 1 N–H and O–H groups in total. The quantitative estimate of drug-likeness (QED) is 0.591. The number of aryl methyl sites for hydroxylation is 1. The molecule has 1 fully saturated rings. The van der Waals surface area contributed by atoms with E-state index in [-0.39, 0.29) is 5.78 Å². The lowest BCUT2D eigenvalue weighted by atomic mass is 9.95. The zero-order chi connectivity index (χ0) is 15.9. The number of ether oxygens (including phenoxy) is 1. The minimum absolute atomic E-state index is 0.201. The van der Waals surface area contributed by atoms with E-state index >= 15 is 0 Å². The minimum atomic E-state index is 0.201. The molecule has 2 rings (SSSR count). The second-order valence-corrected chi connectivity index (χ2v) is 6.39. The first-order valence-electron chi connectivity index (χ1n) is 8.56. The van der Waals surface area contributed by atoms with Crippen molar-refractivity contribution in [2.45, 2.75) is 58.4 Å². The molecule has 0 unspecified atom stereocenters. The molecule has 1 heterocycles. The van der Waals surface area contributed by atoms with Crippen LogP contribution in [0.5, 0.6) is 0 Å². The molecule has 1 aliphatic rings. The SMILES string of the molecule is COCCCNCC(=O)c1cc(C)n(C2CCCCC2)c1C. The lowest BCUT2D eigenvalue weighted by Crippen LogP contribution is -2.25. The zero-order valence-corrected chi connectivity index (χ0v) is 14.3. The number of hydrogen-bond acceptors (Lipinski definition) is 3. The van der Waals surface area contributed by atoms with Gasteiger partial charge in [-0.1, -0.05) is 19.3 Å². The standard InChI is InChI=1S/C18H30N2O2/c1-14-12-17(18(21)13-19-10-7-11-22-3)15(2)20(14)16-8-5-4-6-9-16/h12,16,19H,4-11,13H2,1-3H3. The van der Waals surface area contributed by atoms with Crippen LogP contribution in [0.25, 0.3) is 0 Å².